The van der Waals surface area contributed by atoms with E-state index in [0.29, 0.717) is 29.6 Å². The summed E-state index contributed by atoms with van der Waals surface area (Å²) in [5, 5.41) is 4.96. The fourth-order valence-corrected chi connectivity index (χ4v) is 2.66. The number of rotatable bonds is 3. The molecular weight excluding hydrogens is 264 g/mol. The third kappa shape index (κ3) is 2.28. The maximum atomic E-state index is 5.23. The first-order valence-electron chi connectivity index (χ1n) is 5.79. The number of aryl methyl sites for hydroxylation is 3. The van der Waals surface area contributed by atoms with E-state index in [2.05, 4.69) is 20.1 Å². The summed E-state index contributed by atoms with van der Waals surface area (Å²) in [6.07, 6.45) is 1.91. The molecule has 0 aromatic carbocycles. The average molecular weight is 276 g/mol. The summed E-state index contributed by atoms with van der Waals surface area (Å²) in [5.41, 5.74) is 1.59. The minimum absolute atomic E-state index is 0.450. The summed E-state index contributed by atoms with van der Waals surface area (Å²) in [5.74, 6) is 1.66. The van der Waals surface area contributed by atoms with E-state index in [1.54, 1.807) is 11.3 Å². The van der Waals surface area contributed by atoms with Crippen LogP contribution in [0.3, 0.4) is 0 Å². The van der Waals surface area contributed by atoms with Gasteiger partial charge in [0.25, 0.3) is 0 Å². The zero-order valence-electron chi connectivity index (χ0n) is 10.8. The predicted octanol–water partition coefficient (Wildman–Crippen LogP) is 2.70. The highest BCUT2D eigenvalue weighted by Crippen LogP contribution is 2.21. The lowest BCUT2D eigenvalue weighted by Crippen LogP contribution is -1.91. The summed E-state index contributed by atoms with van der Waals surface area (Å²) in [7, 11) is 0. The molecular formula is C12H12N4O2S. The molecule has 0 saturated carbocycles. The number of nitrogens with zero attached hydrogens (tertiary/aromatic N) is 4. The van der Waals surface area contributed by atoms with E-state index < -0.39 is 0 Å². The van der Waals surface area contributed by atoms with Gasteiger partial charge >= 0.3 is 0 Å². The Labute approximate surface area is 113 Å². The van der Waals surface area contributed by atoms with Crippen LogP contribution in [0.5, 0.6) is 0 Å². The standard InChI is InChI=1S/C12H12N4O2S/c1-6-11(13-5-17-6)12-15-10(18-16-12)4-9-7(2)19-8(3)14-9/h5H,4H2,1-3H3. The first-order valence-corrected chi connectivity index (χ1v) is 6.61. The second-order valence-corrected chi connectivity index (χ2v) is 5.59. The summed E-state index contributed by atoms with van der Waals surface area (Å²) >= 11 is 1.67. The van der Waals surface area contributed by atoms with Gasteiger partial charge in [0.2, 0.25) is 11.7 Å². The molecule has 0 radical (unpaired) electrons. The zero-order chi connectivity index (χ0) is 13.4. The Kier molecular flexibility index (Phi) is 2.90. The van der Waals surface area contributed by atoms with Crippen molar-refractivity contribution >= 4 is 11.3 Å². The first kappa shape index (κ1) is 12.0. The molecule has 0 atom stereocenters. The SMILES string of the molecule is Cc1nc(Cc2nc(-c3ncoc3C)no2)c(C)s1. The molecule has 0 aliphatic rings. The lowest BCUT2D eigenvalue weighted by molar-refractivity contribution is 0.384. The molecule has 0 bridgehead atoms. The van der Waals surface area contributed by atoms with Crippen molar-refractivity contribution in [3.63, 3.8) is 0 Å². The molecule has 3 aromatic rings. The van der Waals surface area contributed by atoms with Crippen molar-refractivity contribution in [3.05, 3.63) is 33.6 Å². The van der Waals surface area contributed by atoms with Gasteiger partial charge in [0.15, 0.2) is 12.1 Å². The smallest absolute Gasteiger partial charge is 0.233 e. The van der Waals surface area contributed by atoms with Crippen LogP contribution in [-0.4, -0.2) is 20.1 Å². The number of thiazole rings is 1. The highest BCUT2D eigenvalue weighted by atomic mass is 32.1. The summed E-state index contributed by atoms with van der Waals surface area (Å²) < 4.78 is 10.4. The zero-order valence-corrected chi connectivity index (χ0v) is 11.6. The van der Waals surface area contributed by atoms with E-state index in [4.69, 9.17) is 8.94 Å². The van der Waals surface area contributed by atoms with Gasteiger partial charge in [0.05, 0.1) is 17.1 Å². The highest BCUT2D eigenvalue weighted by Gasteiger charge is 2.16. The van der Waals surface area contributed by atoms with Gasteiger partial charge in [0.1, 0.15) is 5.76 Å². The predicted molar refractivity (Wildman–Crippen MR) is 68.9 cm³/mol. The van der Waals surface area contributed by atoms with Crippen molar-refractivity contribution in [2.24, 2.45) is 0 Å². The van der Waals surface area contributed by atoms with Gasteiger partial charge in [-0.15, -0.1) is 11.3 Å². The minimum Gasteiger partial charge on any atom is -0.448 e. The second kappa shape index (κ2) is 4.58. The Morgan fingerprint density at radius 3 is 2.68 bits per heavy atom. The first-order chi connectivity index (χ1) is 9.13. The van der Waals surface area contributed by atoms with Gasteiger partial charge < -0.3 is 8.94 Å². The number of aromatic nitrogens is 4. The quantitative estimate of drug-likeness (QED) is 0.732. The molecule has 3 aromatic heterocycles. The molecule has 0 amide bonds. The molecule has 7 heteroatoms. The number of oxazole rings is 1. The topological polar surface area (TPSA) is 77.8 Å². The largest absolute Gasteiger partial charge is 0.448 e. The van der Waals surface area contributed by atoms with E-state index in [1.807, 2.05) is 20.8 Å². The lowest BCUT2D eigenvalue weighted by atomic mass is 10.3. The van der Waals surface area contributed by atoms with Gasteiger partial charge in [0, 0.05) is 4.88 Å². The van der Waals surface area contributed by atoms with Crippen LogP contribution >= 0.6 is 11.3 Å². The lowest BCUT2D eigenvalue weighted by Gasteiger charge is -1.91. The van der Waals surface area contributed by atoms with E-state index in [9.17, 15) is 0 Å². The van der Waals surface area contributed by atoms with E-state index in [1.165, 1.54) is 11.3 Å². The van der Waals surface area contributed by atoms with Crippen LogP contribution in [0.25, 0.3) is 11.5 Å². The van der Waals surface area contributed by atoms with E-state index in [0.717, 1.165) is 10.7 Å². The normalized spacial score (nSPS) is 11.1. The van der Waals surface area contributed by atoms with Crippen LogP contribution in [0.15, 0.2) is 15.3 Å². The molecule has 3 rings (SSSR count). The third-order valence-electron chi connectivity index (χ3n) is 2.74. The van der Waals surface area contributed by atoms with Gasteiger partial charge in [-0.1, -0.05) is 5.16 Å². The molecule has 6 nitrogen and oxygen atoms in total. The Bertz CT molecular complexity index is 713. The monoisotopic (exact) mass is 276 g/mol. The van der Waals surface area contributed by atoms with Crippen LogP contribution in [-0.2, 0) is 6.42 Å². The second-order valence-electron chi connectivity index (χ2n) is 4.18. The Hall–Kier alpha value is -2.02. The van der Waals surface area contributed by atoms with Crippen LogP contribution in [0, 0.1) is 20.8 Å². The van der Waals surface area contributed by atoms with E-state index in [-0.39, 0.29) is 0 Å². The van der Waals surface area contributed by atoms with Crippen LogP contribution in [0.2, 0.25) is 0 Å². The average Bonchev–Trinajstić information content (AvgIpc) is 3.02. The molecule has 0 fully saturated rings. The van der Waals surface area contributed by atoms with Crippen molar-refractivity contribution in [2.75, 3.05) is 0 Å². The van der Waals surface area contributed by atoms with Crippen molar-refractivity contribution in [2.45, 2.75) is 27.2 Å². The highest BCUT2D eigenvalue weighted by molar-refractivity contribution is 7.11. The summed E-state index contributed by atoms with van der Waals surface area (Å²) in [4.78, 5) is 14.0. The van der Waals surface area contributed by atoms with Gasteiger partial charge in [-0.05, 0) is 20.8 Å². The number of hydrogen-bond donors (Lipinski definition) is 0. The molecule has 0 N–H and O–H groups in total. The van der Waals surface area contributed by atoms with Crippen molar-refractivity contribution in [3.8, 4) is 11.5 Å². The molecule has 0 aliphatic heterocycles. The van der Waals surface area contributed by atoms with Crippen LogP contribution < -0.4 is 0 Å². The fraction of sp³-hybridized carbons (Fsp3) is 0.333. The van der Waals surface area contributed by atoms with E-state index >= 15 is 0 Å². The van der Waals surface area contributed by atoms with Crippen molar-refractivity contribution < 1.29 is 8.94 Å². The van der Waals surface area contributed by atoms with Gasteiger partial charge in [-0.2, -0.15) is 4.98 Å². The molecule has 0 unspecified atom stereocenters. The van der Waals surface area contributed by atoms with Crippen molar-refractivity contribution in [1.82, 2.24) is 20.1 Å². The van der Waals surface area contributed by atoms with Crippen molar-refractivity contribution in [1.29, 1.82) is 0 Å². The Morgan fingerprint density at radius 1 is 1.21 bits per heavy atom. The maximum Gasteiger partial charge on any atom is 0.233 e. The third-order valence-corrected chi connectivity index (χ3v) is 3.67. The minimum atomic E-state index is 0.450. The van der Waals surface area contributed by atoms with Crippen LogP contribution in [0.1, 0.15) is 27.2 Å². The maximum absolute atomic E-state index is 5.23. The molecule has 0 saturated heterocycles. The fourth-order valence-electron chi connectivity index (χ4n) is 1.82. The summed E-state index contributed by atoms with van der Waals surface area (Å²) in [6, 6.07) is 0. The van der Waals surface area contributed by atoms with Gasteiger partial charge in [-0.25, -0.2) is 9.97 Å². The summed E-state index contributed by atoms with van der Waals surface area (Å²) in [6.45, 7) is 5.84. The molecule has 3 heterocycles. The van der Waals surface area contributed by atoms with Gasteiger partial charge in [-0.3, -0.25) is 0 Å². The molecule has 0 aliphatic carbocycles. The molecule has 0 spiro atoms. The Morgan fingerprint density at radius 2 is 2.05 bits per heavy atom. The number of hydrogen-bond acceptors (Lipinski definition) is 7. The Balaban J connectivity index is 1.86. The molecule has 98 valence electrons. The van der Waals surface area contributed by atoms with Crippen LogP contribution in [0.4, 0.5) is 0 Å². The molecule has 19 heavy (non-hydrogen) atoms.